The number of ether oxygens (including phenoxy) is 1. The molecule has 2 aliphatic heterocycles. The molecule has 10 heteroatoms. The van der Waals surface area contributed by atoms with Crippen molar-refractivity contribution < 1.29 is 27.9 Å². The van der Waals surface area contributed by atoms with Gasteiger partial charge in [0.1, 0.15) is 5.76 Å². The van der Waals surface area contributed by atoms with Crippen molar-refractivity contribution in [3.8, 4) is 0 Å². The standard InChI is InChI=1S/C31H41N3O6S/c1-6-32(7-2)16-17-34-27(22-8-12-24(13-9-22)31(3,4)5)26(29(36)30(34)37)28(35)23-10-14-25(15-11-23)41(38,39)33-18-20-40-21-19-33/h8-15,27,35H,6-7,16-21H2,1-5H3/b28-26-. The summed E-state index contributed by atoms with van der Waals surface area (Å²) in [7, 11) is -3.72. The fraction of sp³-hybridized carbons (Fsp3) is 0.484. The van der Waals surface area contributed by atoms with E-state index in [2.05, 4.69) is 25.7 Å². The van der Waals surface area contributed by atoms with Crippen LogP contribution in [0.25, 0.3) is 5.76 Å². The number of likely N-dealkylation sites (N-methyl/N-ethyl adjacent to an activating group) is 1. The van der Waals surface area contributed by atoms with E-state index in [1.54, 1.807) is 0 Å². The number of likely N-dealkylation sites (tertiary alicyclic amines) is 1. The van der Waals surface area contributed by atoms with E-state index in [0.29, 0.717) is 26.3 Å². The Bertz CT molecular complexity index is 1380. The molecule has 2 saturated heterocycles. The molecule has 2 aromatic rings. The quantitative estimate of drug-likeness (QED) is 0.272. The topological polar surface area (TPSA) is 107 Å². The minimum absolute atomic E-state index is 0.00171. The highest BCUT2D eigenvalue weighted by Gasteiger charge is 2.46. The molecule has 0 spiro atoms. The van der Waals surface area contributed by atoms with Gasteiger partial charge in [-0.05, 0) is 53.9 Å². The van der Waals surface area contributed by atoms with Gasteiger partial charge in [0.2, 0.25) is 10.0 Å². The third kappa shape index (κ3) is 6.40. The number of nitrogens with zero attached hydrogens (tertiary/aromatic N) is 3. The van der Waals surface area contributed by atoms with Crippen LogP contribution in [0.15, 0.2) is 59.0 Å². The zero-order valence-electron chi connectivity index (χ0n) is 24.6. The number of benzene rings is 2. The van der Waals surface area contributed by atoms with Gasteiger partial charge in [0.25, 0.3) is 11.7 Å². The molecule has 1 N–H and O–H groups in total. The molecule has 4 rings (SSSR count). The van der Waals surface area contributed by atoms with Crippen LogP contribution in [0.1, 0.15) is 57.4 Å². The number of sulfonamides is 1. The third-order valence-corrected chi connectivity index (χ3v) is 9.83. The lowest BCUT2D eigenvalue weighted by Crippen LogP contribution is -2.40. The van der Waals surface area contributed by atoms with Crippen LogP contribution in [0.3, 0.4) is 0 Å². The molecule has 2 fully saturated rings. The monoisotopic (exact) mass is 583 g/mol. The molecule has 222 valence electrons. The lowest BCUT2D eigenvalue weighted by molar-refractivity contribution is -0.140. The third-order valence-electron chi connectivity index (χ3n) is 7.92. The van der Waals surface area contributed by atoms with Crippen LogP contribution in [0.4, 0.5) is 0 Å². The highest BCUT2D eigenvalue weighted by atomic mass is 32.2. The first-order valence-corrected chi connectivity index (χ1v) is 15.6. The Morgan fingerprint density at radius 1 is 0.976 bits per heavy atom. The predicted octanol–water partition coefficient (Wildman–Crippen LogP) is 3.77. The van der Waals surface area contributed by atoms with Crippen molar-refractivity contribution in [1.29, 1.82) is 0 Å². The van der Waals surface area contributed by atoms with Gasteiger partial charge in [-0.1, -0.05) is 58.9 Å². The van der Waals surface area contributed by atoms with E-state index in [0.717, 1.165) is 24.2 Å². The summed E-state index contributed by atoms with van der Waals surface area (Å²) in [6.07, 6.45) is 0. The van der Waals surface area contributed by atoms with Gasteiger partial charge < -0.3 is 19.6 Å². The van der Waals surface area contributed by atoms with Gasteiger partial charge in [-0.15, -0.1) is 0 Å². The summed E-state index contributed by atoms with van der Waals surface area (Å²) in [6.45, 7) is 14.2. The van der Waals surface area contributed by atoms with Gasteiger partial charge in [-0.2, -0.15) is 4.31 Å². The van der Waals surface area contributed by atoms with Gasteiger partial charge in [0.05, 0.1) is 29.7 Å². The van der Waals surface area contributed by atoms with Crippen molar-refractivity contribution in [1.82, 2.24) is 14.1 Å². The van der Waals surface area contributed by atoms with Crippen molar-refractivity contribution in [2.45, 2.75) is 51.0 Å². The minimum Gasteiger partial charge on any atom is -0.507 e. The van der Waals surface area contributed by atoms with E-state index < -0.39 is 27.8 Å². The number of hydrogen-bond donors (Lipinski definition) is 1. The second kappa shape index (κ2) is 12.4. The van der Waals surface area contributed by atoms with Crippen molar-refractivity contribution in [3.05, 3.63) is 70.8 Å². The van der Waals surface area contributed by atoms with Gasteiger partial charge in [0.15, 0.2) is 0 Å². The Labute approximate surface area is 243 Å². The number of aliphatic hydroxyl groups is 1. The van der Waals surface area contributed by atoms with E-state index in [1.165, 1.54) is 33.5 Å². The molecule has 1 atom stereocenters. The molecule has 2 aliphatic rings. The number of carbonyl (C=O) groups excluding carboxylic acids is 2. The van der Waals surface area contributed by atoms with Crippen LogP contribution in [0.2, 0.25) is 0 Å². The average Bonchev–Trinajstić information content (AvgIpc) is 3.22. The fourth-order valence-electron chi connectivity index (χ4n) is 5.29. The summed E-state index contributed by atoms with van der Waals surface area (Å²) in [5.74, 6) is -1.74. The molecule has 0 aromatic heterocycles. The number of aliphatic hydroxyl groups excluding tert-OH is 1. The van der Waals surface area contributed by atoms with Crippen molar-refractivity contribution in [3.63, 3.8) is 0 Å². The predicted molar refractivity (Wildman–Crippen MR) is 158 cm³/mol. The maximum absolute atomic E-state index is 13.4. The van der Waals surface area contributed by atoms with Crippen LogP contribution in [-0.2, 0) is 29.8 Å². The van der Waals surface area contributed by atoms with Crippen LogP contribution < -0.4 is 0 Å². The normalized spacial score (nSPS) is 20.2. The van der Waals surface area contributed by atoms with Crippen LogP contribution in [-0.4, -0.2) is 91.8 Å². The maximum atomic E-state index is 13.4. The van der Waals surface area contributed by atoms with E-state index in [9.17, 15) is 23.1 Å². The van der Waals surface area contributed by atoms with Crippen molar-refractivity contribution >= 4 is 27.5 Å². The van der Waals surface area contributed by atoms with E-state index in [-0.39, 0.29) is 40.3 Å². The lowest BCUT2D eigenvalue weighted by atomic mass is 9.85. The number of amides is 1. The van der Waals surface area contributed by atoms with E-state index in [4.69, 9.17) is 4.74 Å². The van der Waals surface area contributed by atoms with Crippen molar-refractivity contribution in [2.24, 2.45) is 0 Å². The van der Waals surface area contributed by atoms with Crippen LogP contribution in [0.5, 0.6) is 0 Å². The Morgan fingerprint density at radius 3 is 2.10 bits per heavy atom. The molecule has 2 aromatic carbocycles. The number of carbonyl (C=O) groups is 2. The van der Waals surface area contributed by atoms with Crippen LogP contribution >= 0.6 is 0 Å². The first-order valence-electron chi connectivity index (χ1n) is 14.2. The number of hydrogen-bond acceptors (Lipinski definition) is 7. The molecule has 1 amide bonds. The first-order chi connectivity index (χ1) is 19.4. The second-order valence-electron chi connectivity index (χ2n) is 11.4. The largest absolute Gasteiger partial charge is 0.507 e. The molecule has 0 aliphatic carbocycles. The zero-order chi connectivity index (χ0) is 29.9. The minimum atomic E-state index is -3.72. The van der Waals surface area contributed by atoms with E-state index >= 15 is 0 Å². The zero-order valence-corrected chi connectivity index (χ0v) is 25.4. The molecule has 0 radical (unpaired) electrons. The number of morpholine rings is 1. The lowest BCUT2D eigenvalue weighted by Gasteiger charge is -2.29. The van der Waals surface area contributed by atoms with Gasteiger partial charge in [0, 0.05) is 31.7 Å². The molecular weight excluding hydrogens is 542 g/mol. The smallest absolute Gasteiger partial charge is 0.295 e. The average molecular weight is 584 g/mol. The number of rotatable bonds is 9. The SMILES string of the molecule is CCN(CC)CCN1C(=O)C(=O)/C(=C(\O)c2ccc(S(=O)(=O)N3CCOCC3)cc2)C1c1ccc(C(C)(C)C)cc1. The van der Waals surface area contributed by atoms with Gasteiger partial charge >= 0.3 is 0 Å². The van der Waals surface area contributed by atoms with E-state index in [1.807, 2.05) is 38.1 Å². The Morgan fingerprint density at radius 2 is 1.56 bits per heavy atom. The van der Waals surface area contributed by atoms with Gasteiger partial charge in [-0.25, -0.2) is 8.42 Å². The Balaban J connectivity index is 1.74. The summed E-state index contributed by atoms with van der Waals surface area (Å²) in [6, 6.07) is 12.8. The molecule has 9 nitrogen and oxygen atoms in total. The molecule has 1 unspecified atom stereocenters. The fourth-order valence-corrected chi connectivity index (χ4v) is 6.70. The number of Topliss-reactive ketones (excluding diaryl/α,β-unsaturated/α-hetero) is 1. The number of ketones is 1. The molecule has 41 heavy (non-hydrogen) atoms. The van der Waals surface area contributed by atoms with Crippen molar-refractivity contribution in [2.75, 3.05) is 52.5 Å². The Kier molecular flexibility index (Phi) is 9.38. The molecular formula is C31H41N3O6S. The van der Waals surface area contributed by atoms with Crippen LogP contribution in [0, 0.1) is 0 Å². The summed E-state index contributed by atoms with van der Waals surface area (Å²) >= 11 is 0. The second-order valence-corrected chi connectivity index (χ2v) is 13.4. The molecule has 0 saturated carbocycles. The summed E-state index contributed by atoms with van der Waals surface area (Å²) in [5.41, 5.74) is 2.03. The molecule has 2 heterocycles. The highest BCUT2D eigenvalue weighted by molar-refractivity contribution is 7.89. The summed E-state index contributed by atoms with van der Waals surface area (Å²) in [5, 5.41) is 11.4. The first kappa shape index (κ1) is 30.9. The highest BCUT2D eigenvalue weighted by Crippen LogP contribution is 2.40. The van der Waals surface area contributed by atoms with Gasteiger partial charge in [-0.3, -0.25) is 9.59 Å². The maximum Gasteiger partial charge on any atom is 0.295 e. The molecule has 0 bridgehead atoms. The summed E-state index contributed by atoms with van der Waals surface area (Å²) < 4.78 is 32.8. The Hall–Kier alpha value is -3.05. The summed E-state index contributed by atoms with van der Waals surface area (Å²) in [4.78, 5) is 30.5.